The number of amides is 1. The van der Waals surface area contributed by atoms with Crippen LogP contribution in [0, 0.1) is 11.6 Å². The lowest BCUT2D eigenvalue weighted by molar-refractivity contribution is -0.149. The zero-order valence-corrected chi connectivity index (χ0v) is 13.0. The van der Waals surface area contributed by atoms with Gasteiger partial charge in [-0.25, -0.2) is 13.6 Å². The first-order valence-corrected chi connectivity index (χ1v) is 7.11. The molecular weight excluding hydrogens is 344 g/mol. The van der Waals surface area contributed by atoms with Gasteiger partial charge in [0.25, 0.3) is 5.91 Å². The number of carbonyl (C=O) groups excluding carboxylic acids is 2. The zero-order valence-electron chi connectivity index (χ0n) is 12.2. The molecule has 1 amide bonds. The Labute approximate surface area is 141 Å². The Balaban J connectivity index is 1.75. The molecule has 8 heteroatoms. The zero-order chi connectivity index (χ0) is 17.5. The summed E-state index contributed by atoms with van der Waals surface area (Å²) in [4.78, 5) is 23.1. The molecule has 126 valence electrons. The van der Waals surface area contributed by atoms with Crippen LogP contribution in [0.4, 0.5) is 14.5 Å². The molecule has 5 nitrogen and oxygen atoms in total. The van der Waals surface area contributed by atoms with Crippen LogP contribution in [0.3, 0.4) is 0 Å². The van der Waals surface area contributed by atoms with Gasteiger partial charge in [0.05, 0.1) is 5.69 Å². The van der Waals surface area contributed by atoms with E-state index < -0.39 is 36.7 Å². The molecule has 2 aromatic rings. The lowest BCUT2D eigenvalue weighted by Crippen LogP contribution is -2.24. The number of ether oxygens (including phenoxy) is 2. The molecule has 0 fully saturated rings. The topological polar surface area (TPSA) is 64.6 Å². The van der Waals surface area contributed by atoms with Gasteiger partial charge in [0.15, 0.2) is 13.2 Å². The molecule has 0 aliphatic carbocycles. The van der Waals surface area contributed by atoms with Gasteiger partial charge in [-0.3, -0.25) is 4.79 Å². The third-order valence-electron chi connectivity index (χ3n) is 2.72. The summed E-state index contributed by atoms with van der Waals surface area (Å²) in [5.74, 6) is -2.62. The molecule has 0 aliphatic heterocycles. The number of anilines is 1. The Bertz CT molecular complexity index is 755. The predicted octanol–water partition coefficient (Wildman–Crippen LogP) is 3.18. The minimum Gasteiger partial charge on any atom is -0.482 e. The summed E-state index contributed by atoms with van der Waals surface area (Å²) in [7, 11) is 0. The van der Waals surface area contributed by atoms with Crippen molar-refractivity contribution in [3.8, 4) is 5.75 Å². The van der Waals surface area contributed by atoms with Crippen molar-refractivity contribution >= 4 is 29.2 Å². The van der Waals surface area contributed by atoms with Gasteiger partial charge >= 0.3 is 5.97 Å². The third kappa shape index (κ3) is 5.51. The van der Waals surface area contributed by atoms with Gasteiger partial charge in [0, 0.05) is 11.1 Å². The van der Waals surface area contributed by atoms with Crippen LogP contribution in [0.2, 0.25) is 5.02 Å². The molecule has 0 aromatic heterocycles. The standard InChI is InChI=1S/C16H12ClF2NO4/c17-10-4-5-14(13(19)6-10)20-15(21)8-24-16(22)9-23-12-3-1-2-11(18)7-12/h1-7H,8-9H2,(H,20,21). The number of benzene rings is 2. The number of hydrogen-bond acceptors (Lipinski definition) is 4. The van der Waals surface area contributed by atoms with Crippen LogP contribution in [0.5, 0.6) is 5.75 Å². The highest BCUT2D eigenvalue weighted by molar-refractivity contribution is 6.30. The molecule has 0 heterocycles. The summed E-state index contributed by atoms with van der Waals surface area (Å²) in [5.41, 5.74) is -0.0866. The molecule has 0 unspecified atom stereocenters. The lowest BCUT2D eigenvalue weighted by Gasteiger charge is -2.08. The Hall–Kier alpha value is -2.67. The van der Waals surface area contributed by atoms with E-state index in [1.54, 1.807) is 0 Å². The Kier molecular flexibility index (Phi) is 6.08. The van der Waals surface area contributed by atoms with E-state index in [1.165, 1.54) is 30.3 Å². The normalized spacial score (nSPS) is 10.1. The second-order valence-electron chi connectivity index (χ2n) is 4.58. The van der Waals surface area contributed by atoms with E-state index in [1.807, 2.05) is 0 Å². The first-order valence-electron chi connectivity index (χ1n) is 6.73. The molecule has 0 saturated heterocycles. The average Bonchev–Trinajstić information content (AvgIpc) is 2.54. The number of hydrogen-bond donors (Lipinski definition) is 1. The quantitative estimate of drug-likeness (QED) is 0.808. The van der Waals surface area contributed by atoms with Crippen LogP contribution >= 0.6 is 11.6 Å². The first-order chi connectivity index (χ1) is 11.4. The Morgan fingerprint density at radius 3 is 2.58 bits per heavy atom. The second kappa shape index (κ2) is 8.26. The maximum absolute atomic E-state index is 13.5. The minimum absolute atomic E-state index is 0.0866. The average molecular weight is 356 g/mol. The molecule has 0 saturated carbocycles. The van der Waals surface area contributed by atoms with Crippen molar-refractivity contribution < 1.29 is 27.8 Å². The van der Waals surface area contributed by atoms with Gasteiger partial charge < -0.3 is 14.8 Å². The van der Waals surface area contributed by atoms with E-state index in [-0.39, 0.29) is 16.5 Å². The van der Waals surface area contributed by atoms with Crippen LogP contribution in [-0.4, -0.2) is 25.1 Å². The SMILES string of the molecule is O=C(COC(=O)COc1cccc(F)c1)Nc1ccc(Cl)cc1F. The summed E-state index contributed by atoms with van der Waals surface area (Å²) in [6, 6.07) is 8.94. The van der Waals surface area contributed by atoms with Crippen molar-refractivity contribution in [2.24, 2.45) is 0 Å². The fourth-order valence-electron chi connectivity index (χ4n) is 1.66. The number of rotatable bonds is 6. The predicted molar refractivity (Wildman–Crippen MR) is 82.9 cm³/mol. The van der Waals surface area contributed by atoms with E-state index >= 15 is 0 Å². The minimum atomic E-state index is -0.828. The Morgan fingerprint density at radius 1 is 1.08 bits per heavy atom. The van der Waals surface area contributed by atoms with Crippen LogP contribution in [0.1, 0.15) is 0 Å². The summed E-state index contributed by atoms with van der Waals surface area (Å²) in [6.07, 6.45) is 0. The molecular formula is C16H12ClF2NO4. The highest BCUT2D eigenvalue weighted by Gasteiger charge is 2.11. The first kappa shape index (κ1) is 17.7. The van der Waals surface area contributed by atoms with E-state index in [4.69, 9.17) is 16.3 Å². The fourth-order valence-corrected chi connectivity index (χ4v) is 1.82. The van der Waals surface area contributed by atoms with Crippen LogP contribution in [-0.2, 0) is 14.3 Å². The molecule has 24 heavy (non-hydrogen) atoms. The largest absolute Gasteiger partial charge is 0.482 e. The van der Waals surface area contributed by atoms with Crippen molar-refractivity contribution in [3.63, 3.8) is 0 Å². The van der Waals surface area contributed by atoms with Crippen molar-refractivity contribution in [1.29, 1.82) is 0 Å². The molecule has 0 spiro atoms. The van der Waals surface area contributed by atoms with E-state index in [0.717, 1.165) is 12.1 Å². The highest BCUT2D eigenvalue weighted by atomic mass is 35.5. The molecule has 2 aromatic carbocycles. The number of halogens is 3. The van der Waals surface area contributed by atoms with E-state index in [9.17, 15) is 18.4 Å². The lowest BCUT2D eigenvalue weighted by atomic mass is 10.3. The van der Waals surface area contributed by atoms with Gasteiger partial charge in [-0.2, -0.15) is 0 Å². The van der Waals surface area contributed by atoms with Crippen LogP contribution in [0.25, 0.3) is 0 Å². The monoisotopic (exact) mass is 355 g/mol. The van der Waals surface area contributed by atoms with Gasteiger partial charge in [-0.1, -0.05) is 17.7 Å². The molecule has 0 atom stereocenters. The Morgan fingerprint density at radius 2 is 1.88 bits per heavy atom. The summed E-state index contributed by atoms with van der Waals surface area (Å²) in [6.45, 7) is -1.11. The molecule has 0 radical (unpaired) electrons. The number of nitrogens with one attached hydrogen (secondary N) is 1. The third-order valence-corrected chi connectivity index (χ3v) is 2.96. The van der Waals surface area contributed by atoms with Gasteiger partial charge in [0.2, 0.25) is 0 Å². The van der Waals surface area contributed by atoms with Gasteiger partial charge in [-0.05, 0) is 30.3 Å². The summed E-state index contributed by atoms with van der Waals surface area (Å²) in [5, 5.41) is 2.42. The van der Waals surface area contributed by atoms with Crippen molar-refractivity contribution in [3.05, 3.63) is 59.1 Å². The maximum Gasteiger partial charge on any atom is 0.344 e. The molecule has 0 bridgehead atoms. The van der Waals surface area contributed by atoms with Crippen LogP contribution in [0.15, 0.2) is 42.5 Å². The highest BCUT2D eigenvalue weighted by Crippen LogP contribution is 2.18. The summed E-state index contributed by atoms with van der Waals surface area (Å²) >= 11 is 5.59. The van der Waals surface area contributed by atoms with Crippen LogP contribution < -0.4 is 10.1 Å². The smallest absolute Gasteiger partial charge is 0.344 e. The molecule has 2 rings (SSSR count). The summed E-state index contributed by atoms with van der Waals surface area (Å²) < 4.78 is 36.1. The van der Waals surface area contributed by atoms with Gasteiger partial charge in [-0.15, -0.1) is 0 Å². The van der Waals surface area contributed by atoms with E-state index in [2.05, 4.69) is 10.1 Å². The van der Waals surface area contributed by atoms with Crippen molar-refractivity contribution in [2.75, 3.05) is 18.5 Å². The second-order valence-corrected chi connectivity index (χ2v) is 5.02. The number of carbonyl (C=O) groups is 2. The fraction of sp³-hybridized carbons (Fsp3) is 0.125. The van der Waals surface area contributed by atoms with E-state index in [0.29, 0.717) is 0 Å². The van der Waals surface area contributed by atoms with Crippen molar-refractivity contribution in [1.82, 2.24) is 0 Å². The molecule has 0 aliphatic rings. The maximum atomic E-state index is 13.5. The van der Waals surface area contributed by atoms with Gasteiger partial charge in [0.1, 0.15) is 17.4 Å². The van der Waals surface area contributed by atoms with Crippen molar-refractivity contribution in [2.45, 2.75) is 0 Å². The number of esters is 1. The molecule has 1 N–H and O–H groups in total.